The molecule has 2 heteroatoms. The first kappa shape index (κ1) is 7.08. The molecular weight excluding hydrogens is 100 g/mol. The van der Waals surface area contributed by atoms with E-state index >= 15 is 0 Å². The monoisotopic (exact) mass is 110 g/mol. The lowest BCUT2D eigenvalue weighted by Crippen LogP contribution is -1.71. The molecule has 0 atom stereocenters. The van der Waals surface area contributed by atoms with Crippen LogP contribution >= 0.6 is 0 Å². The summed E-state index contributed by atoms with van der Waals surface area (Å²) in [6, 6.07) is 0. The van der Waals surface area contributed by atoms with Crippen LogP contribution in [0.5, 0.6) is 0 Å². The van der Waals surface area contributed by atoms with E-state index in [0.717, 1.165) is 5.57 Å². The van der Waals surface area contributed by atoms with Gasteiger partial charge in [-0.2, -0.15) is 0 Å². The smallest absolute Gasteiger partial charge is 0.0308 e. The molecule has 0 heterocycles. The molecule has 44 valence electrons. The van der Waals surface area contributed by atoms with Gasteiger partial charge in [-0.15, -0.1) is 0 Å². The Hall–Kier alpha value is -0.920. The molecule has 0 spiro atoms. The summed E-state index contributed by atoms with van der Waals surface area (Å²) in [5.41, 5.74) is 0.864. The molecular formula is C6H10N2. The van der Waals surface area contributed by atoms with Crippen LogP contribution in [-0.2, 0) is 0 Å². The zero-order valence-electron chi connectivity index (χ0n) is 5.18. The molecule has 0 aromatic heterocycles. The van der Waals surface area contributed by atoms with Crippen molar-refractivity contribution in [1.82, 2.24) is 0 Å². The van der Waals surface area contributed by atoms with E-state index in [-0.39, 0.29) is 0 Å². The van der Waals surface area contributed by atoms with Crippen molar-refractivity contribution in [2.24, 2.45) is 4.99 Å². The fraction of sp³-hybridized carbons (Fsp3) is 0.333. The summed E-state index contributed by atoms with van der Waals surface area (Å²) < 4.78 is 0. The van der Waals surface area contributed by atoms with Crippen molar-refractivity contribution in [3.63, 3.8) is 0 Å². The molecule has 1 N–H and O–H groups in total. The Bertz CT molecular complexity index is 122. The van der Waals surface area contributed by atoms with Gasteiger partial charge in [-0.05, 0) is 19.4 Å². The average Bonchev–Trinajstić information content (AvgIpc) is 1.83. The van der Waals surface area contributed by atoms with Crippen LogP contribution in [0.4, 0.5) is 0 Å². The third-order valence-corrected chi connectivity index (χ3v) is 0.655. The SMILES string of the molecule is CC=N/C=C(\C)C=N. The summed E-state index contributed by atoms with van der Waals surface area (Å²) in [4.78, 5) is 3.80. The largest absolute Gasteiger partial charge is 0.308 e. The van der Waals surface area contributed by atoms with Crippen LogP contribution in [0, 0.1) is 5.41 Å². The summed E-state index contributed by atoms with van der Waals surface area (Å²) in [5, 5.41) is 6.72. The van der Waals surface area contributed by atoms with E-state index < -0.39 is 0 Å². The maximum Gasteiger partial charge on any atom is 0.0308 e. The molecule has 2 nitrogen and oxygen atoms in total. The van der Waals surface area contributed by atoms with Crippen LogP contribution < -0.4 is 0 Å². The fourth-order valence-corrected chi connectivity index (χ4v) is 0.229. The quantitative estimate of drug-likeness (QED) is 0.524. The van der Waals surface area contributed by atoms with Crippen LogP contribution in [0.2, 0.25) is 0 Å². The molecule has 0 aliphatic heterocycles. The molecule has 0 amide bonds. The molecule has 0 aromatic rings. The van der Waals surface area contributed by atoms with Crippen LogP contribution in [0.15, 0.2) is 16.8 Å². The Morgan fingerprint density at radius 1 is 1.62 bits per heavy atom. The highest BCUT2D eigenvalue weighted by Crippen LogP contribution is 1.84. The molecule has 0 unspecified atom stereocenters. The second kappa shape index (κ2) is 4.24. The molecule has 0 saturated heterocycles. The molecule has 0 radical (unpaired) electrons. The van der Waals surface area contributed by atoms with Crippen LogP contribution in [0.3, 0.4) is 0 Å². The van der Waals surface area contributed by atoms with E-state index in [0.29, 0.717) is 0 Å². The molecule has 0 bridgehead atoms. The number of rotatable bonds is 2. The second-order valence-electron chi connectivity index (χ2n) is 1.42. The lowest BCUT2D eigenvalue weighted by molar-refractivity contribution is 1.44. The predicted molar refractivity (Wildman–Crippen MR) is 36.7 cm³/mol. The first-order valence-corrected chi connectivity index (χ1v) is 2.46. The summed E-state index contributed by atoms with van der Waals surface area (Å²) in [7, 11) is 0. The van der Waals surface area contributed by atoms with Gasteiger partial charge in [0.2, 0.25) is 0 Å². The first-order valence-electron chi connectivity index (χ1n) is 2.46. The van der Waals surface area contributed by atoms with Crippen molar-refractivity contribution >= 4 is 12.4 Å². The molecule has 8 heavy (non-hydrogen) atoms. The Morgan fingerprint density at radius 2 is 2.25 bits per heavy atom. The molecule has 0 aliphatic carbocycles. The van der Waals surface area contributed by atoms with E-state index in [1.807, 2.05) is 13.8 Å². The van der Waals surface area contributed by atoms with Crippen LogP contribution in [0.1, 0.15) is 13.8 Å². The molecule has 0 fully saturated rings. The molecule has 0 rings (SSSR count). The van der Waals surface area contributed by atoms with E-state index in [9.17, 15) is 0 Å². The van der Waals surface area contributed by atoms with E-state index in [2.05, 4.69) is 4.99 Å². The highest BCUT2D eigenvalue weighted by molar-refractivity contribution is 5.74. The van der Waals surface area contributed by atoms with Gasteiger partial charge in [0, 0.05) is 18.6 Å². The van der Waals surface area contributed by atoms with Gasteiger partial charge >= 0.3 is 0 Å². The van der Waals surface area contributed by atoms with Crippen molar-refractivity contribution in [1.29, 1.82) is 5.41 Å². The minimum Gasteiger partial charge on any atom is -0.308 e. The standard InChI is InChI=1S/C6H10N2/c1-3-8-5-6(2)4-7/h3-5,7H,1-2H3/b6-5+,7-4?,8-3?. The second-order valence-corrected chi connectivity index (χ2v) is 1.42. The number of hydrogen-bond acceptors (Lipinski definition) is 2. The fourth-order valence-electron chi connectivity index (χ4n) is 0.229. The van der Waals surface area contributed by atoms with Crippen molar-refractivity contribution in [3.05, 3.63) is 11.8 Å². The Labute approximate surface area is 49.5 Å². The number of nitrogens with one attached hydrogen (secondary N) is 1. The van der Waals surface area contributed by atoms with Gasteiger partial charge in [-0.25, -0.2) is 0 Å². The number of allylic oxidation sites excluding steroid dienone is 1. The summed E-state index contributed by atoms with van der Waals surface area (Å²) in [5.74, 6) is 0. The van der Waals surface area contributed by atoms with Gasteiger partial charge in [-0.3, -0.25) is 4.99 Å². The van der Waals surface area contributed by atoms with Crippen molar-refractivity contribution in [2.45, 2.75) is 13.8 Å². The van der Waals surface area contributed by atoms with Gasteiger partial charge in [0.25, 0.3) is 0 Å². The Kier molecular flexibility index (Phi) is 3.76. The van der Waals surface area contributed by atoms with Crippen molar-refractivity contribution in [2.75, 3.05) is 0 Å². The molecule has 0 saturated carbocycles. The Morgan fingerprint density at radius 3 is 2.62 bits per heavy atom. The minimum absolute atomic E-state index is 0.864. The van der Waals surface area contributed by atoms with E-state index in [1.54, 1.807) is 12.4 Å². The third kappa shape index (κ3) is 3.28. The van der Waals surface area contributed by atoms with Crippen molar-refractivity contribution < 1.29 is 0 Å². The third-order valence-electron chi connectivity index (χ3n) is 0.655. The summed E-state index contributed by atoms with van der Waals surface area (Å²) in [6.45, 7) is 3.67. The lowest BCUT2D eigenvalue weighted by Gasteiger charge is -1.79. The van der Waals surface area contributed by atoms with Crippen molar-refractivity contribution in [3.8, 4) is 0 Å². The Balaban J connectivity index is 3.74. The molecule has 0 aliphatic rings. The zero-order valence-corrected chi connectivity index (χ0v) is 5.18. The minimum atomic E-state index is 0.864. The highest BCUT2D eigenvalue weighted by Gasteiger charge is 1.72. The maximum absolute atomic E-state index is 6.72. The normalized spacial score (nSPS) is 12.5. The number of aliphatic imine (C=N–C) groups is 1. The van der Waals surface area contributed by atoms with Gasteiger partial charge < -0.3 is 5.41 Å². The maximum atomic E-state index is 6.72. The average molecular weight is 110 g/mol. The predicted octanol–water partition coefficient (Wildman–Crippen LogP) is 1.63. The topological polar surface area (TPSA) is 36.2 Å². The zero-order chi connectivity index (χ0) is 6.41. The van der Waals surface area contributed by atoms with Gasteiger partial charge in [-0.1, -0.05) is 0 Å². The van der Waals surface area contributed by atoms with E-state index in [4.69, 9.17) is 5.41 Å². The number of hydrogen-bond donors (Lipinski definition) is 1. The lowest BCUT2D eigenvalue weighted by atomic mass is 10.4. The first-order chi connectivity index (χ1) is 3.81. The van der Waals surface area contributed by atoms with E-state index in [1.165, 1.54) is 6.21 Å². The van der Waals surface area contributed by atoms with Gasteiger partial charge in [0.05, 0.1) is 0 Å². The number of nitrogens with zero attached hydrogens (tertiary/aromatic N) is 1. The highest BCUT2D eigenvalue weighted by atomic mass is 14.7. The van der Waals surface area contributed by atoms with Gasteiger partial charge in [0.15, 0.2) is 0 Å². The molecule has 0 aromatic carbocycles. The summed E-state index contributed by atoms with van der Waals surface area (Å²) in [6.07, 6.45) is 4.60. The van der Waals surface area contributed by atoms with Gasteiger partial charge in [0.1, 0.15) is 0 Å². The van der Waals surface area contributed by atoms with Crippen LogP contribution in [0.25, 0.3) is 0 Å². The van der Waals surface area contributed by atoms with Crippen LogP contribution in [-0.4, -0.2) is 12.4 Å². The summed E-state index contributed by atoms with van der Waals surface area (Å²) >= 11 is 0.